The Labute approximate surface area is 124 Å². The maximum atomic E-state index is 5.77. The van der Waals surface area contributed by atoms with Crippen LogP contribution >= 0.6 is 0 Å². The fraction of sp³-hybridized carbons (Fsp3) is 0.667. The van der Waals surface area contributed by atoms with Crippen molar-refractivity contribution in [3.8, 4) is 5.75 Å². The fourth-order valence-electron chi connectivity index (χ4n) is 2.26. The number of ether oxygens (including phenoxy) is 1. The molecular weight excluding hydrogens is 246 g/mol. The van der Waals surface area contributed by atoms with Crippen LogP contribution in [0.2, 0.25) is 0 Å². The highest BCUT2D eigenvalue weighted by atomic mass is 16.5. The summed E-state index contributed by atoms with van der Waals surface area (Å²) in [6, 6.07) is 10.6. The second kappa shape index (κ2) is 8.31. The van der Waals surface area contributed by atoms with Crippen LogP contribution in [0, 0.1) is 11.3 Å². The molecule has 1 atom stereocenters. The van der Waals surface area contributed by atoms with E-state index in [2.05, 4.69) is 39.9 Å². The van der Waals surface area contributed by atoms with Crippen molar-refractivity contribution in [2.24, 2.45) is 11.3 Å². The van der Waals surface area contributed by atoms with Crippen molar-refractivity contribution in [3.63, 3.8) is 0 Å². The summed E-state index contributed by atoms with van der Waals surface area (Å²) >= 11 is 0. The van der Waals surface area contributed by atoms with Gasteiger partial charge in [0.15, 0.2) is 0 Å². The number of nitrogens with one attached hydrogen (secondary N) is 1. The summed E-state index contributed by atoms with van der Waals surface area (Å²) in [5, 5.41) is 3.57. The summed E-state index contributed by atoms with van der Waals surface area (Å²) in [4.78, 5) is 0. The van der Waals surface area contributed by atoms with Gasteiger partial charge in [-0.1, -0.05) is 52.8 Å². The summed E-state index contributed by atoms with van der Waals surface area (Å²) < 4.78 is 5.77. The lowest BCUT2D eigenvalue weighted by atomic mass is 9.78. The molecule has 0 amide bonds. The Morgan fingerprint density at radius 1 is 1.10 bits per heavy atom. The molecule has 1 aromatic carbocycles. The van der Waals surface area contributed by atoms with Crippen LogP contribution in [-0.4, -0.2) is 19.2 Å². The van der Waals surface area contributed by atoms with Gasteiger partial charge in [-0.15, -0.1) is 0 Å². The minimum atomic E-state index is 0.342. The molecule has 0 aliphatic heterocycles. The van der Waals surface area contributed by atoms with Gasteiger partial charge in [-0.2, -0.15) is 0 Å². The molecule has 114 valence electrons. The number of rotatable bonds is 8. The monoisotopic (exact) mass is 277 g/mol. The number of hydrogen-bond donors (Lipinski definition) is 1. The molecule has 0 radical (unpaired) electrons. The molecule has 20 heavy (non-hydrogen) atoms. The van der Waals surface area contributed by atoms with E-state index >= 15 is 0 Å². The minimum Gasteiger partial charge on any atom is -0.494 e. The standard InChI is InChI=1S/C18H31NO/c1-15(2)19-14-16(18(3,4)5)10-9-13-20-17-11-7-6-8-12-17/h6-8,11-12,15-16,19H,9-10,13-14H2,1-5H3. The van der Waals surface area contributed by atoms with Gasteiger partial charge in [0.05, 0.1) is 6.61 Å². The predicted molar refractivity (Wildman–Crippen MR) is 87.3 cm³/mol. The van der Waals surface area contributed by atoms with E-state index in [-0.39, 0.29) is 0 Å². The molecule has 0 saturated carbocycles. The Kier molecular flexibility index (Phi) is 7.08. The predicted octanol–water partition coefficient (Wildman–Crippen LogP) is 4.51. The van der Waals surface area contributed by atoms with Gasteiger partial charge in [-0.05, 0) is 42.9 Å². The first-order valence-corrected chi connectivity index (χ1v) is 7.81. The normalized spacial score (nSPS) is 13.5. The Balaban J connectivity index is 2.31. The molecule has 1 rings (SSSR count). The van der Waals surface area contributed by atoms with Crippen LogP contribution in [0.5, 0.6) is 5.75 Å². The first kappa shape index (κ1) is 17.0. The van der Waals surface area contributed by atoms with E-state index < -0.39 is 0 Å². The molecule has 0 aromatic heterocycles. The summed E-state index contributed by atoms with van der Waals surface area (Å²) in [6.45, 7) is 13.3. The largest absolute Gasteiger partial charge is 0.494 e. The van der Waals surface area contributed by atoms with Crippen LogP contribution in [0.3, 0.4) is 0 Å². The van der Waals surface area contributed by atoms with Crippen molar-refractivity contribution < 1.29 is 4.74 Å². The molecule has 0 spiro atoms. The van der Waals surface area contributed by atoms with Crippen molar-refractivity contribution in [1.82, 2.24) is 5.32 Å². The van der Waals surface area contributed by atoms with Crippen molar-refractivity contribution in [1.29, 1.82) is 0 Å². The lowest BCUT2D eigenvalue weighted by molar-refractivity contribution is 0.195. The molecule has 2 heteroatoms. The average Bonchev–Trinajstić information content (AvgIpc) is 2.37. The molecule has 0 heterocycles. The molecule has 0 aliphatic rings. The van der Waals surface area contributed by atoms with Gasteiger partial charge in [0.2, 0.25) is 0 Å². The van der Waals surface area contributed by atoms with E-state index in [1.807, 2.05) is 30.3 Å². The quantitative estimate of drug-likeness (QED) is 0.706. The Hall–Kier alpha value is -1.02. The van der Waals surface area contributed by atoms with Crippen LogP contribution in [0.1, 0.15) is 47.5 Å². The number of hydrogen-bond acceptors (Lipinski definition) is 2. The van der Waals surface area contributed by atoms with Gasteiger partial charge < -0.3 is 10.1 Å². The topological polar surface area (TPSA) is 21.3 Å². The van der Waals surface area contributed by atoms with E-state index in [1.54, 1.807) is 0 Å². The van der Waals surface area contributed by atoms with E-state index in [4.69, 9.17) is 4.74 Å². The third kappa shape index (κ3) is 6.95. The van der Waals surface area contributed by atoms with Crippen molar-refractivity contribution in [2.75, 3.05) is 13.2 Å². The Bertz CT molecular complexity index is 353. The molecule has 0 bridgehead atoms. The van der Waals surface area contributed by atoms with Gasteiger partial charge in [-0.25, -0.2) is 0 Å². The highest BCUT2D eigenvalue weighted by Crippen LogP contribution is 2.29. The van der Waals surface area contributed by atoms with E-state index in [9.17, 15) is 0 Å². The van der Waals surface area contributed by atoms with Crippen LogP contribution in [-0.2, 0) is 0 Å². The van der Waals surface area contributed by atoms with Gasteiger partial charge in [0.1, 0.15) is 5.75 Å². The molecule has 1 aromatic rings. The second-order valence-corrected chi connectivity index (χ2v) is 6.93. The molecule has 2 nitrogen and oxygen atoms in total. The third-order valence-corrected chi connectivity index (χ3v) is 3.71. The number of benzene rings is 1. The third-order valence-electron chi connectivity index (χ3n) is 3.71. The zero-order valence-electron chi connectivity index (χ0n) is 13.8. The second-order valence-electron chi connectivity index (χ2n) is 6.93. The van der Waals surface area contributed by atoms with Crippen LogP contribution in [0.25, 0.3) is 0 Å². The Morgan fingerprint density at radius 2 is 1.75 bits per heavy atom. The van der Waals surface area contributed by atoms with Crippen molar-refractivity contribution in [2.45, 2.75) is 53.5 Å². The molecule has 0 saturated heterocycles. The summed E-state index contributed by atoms with van der Waals surface area (Å²) in [7, 11) is 0. The molecule has 0 fully saturated rings. The summed E-state index contributed by atoms with van der Waals surface area (Å²) in [6.07, 6.45) is 2.31. The lowest BCUT2D eigenvalue weighted by Gasteiger charge is -2.32. The zero-order valence-corrected chi connectivity index (χ0v) is 13.8. The first-order chi connectivity index (χ1) is 9.39. The fourth-order valence-corrected chi connectivity index (χ4v) is 2.26. The van der Waals surface area contributed by atoms with Crippen molar-refractivity contribution in [3.05, 3.63) is 30.3 Å². The summed E-state index contributed by atoms with van der Waals surface area (Å²) in [5.74, 6) is 1.66. The van der Waals surface area contributed by atoms with Crippen LogP contribution in [0.15, 0.2) is 30.3 Å². The maximum Gasteiger partial charge on any atom is 0.119 e. The van der Waals surface area contributed by atoms with E-state index in [0.29, 0.717) is 17.4 Å². The summed E-state index contributed by atoms with van der Waals surface area (Å²) in [5.41, 5.74) is 0.342. The van der Waals surface area contributed by atoms with E-state index in [0.717, 1.165) is 25.3 Å². The van der Waals surface area contributed by atoms with Gasteiger partial charge in [0.25, 0.3) is 0 Å². The SMILES string of the molecule is CC(C)NCC(CCCOc1ccccc1)C(C)(C)C. The van der Waals surface area contributed by atoms with Crippen molar-refractivity contribution >= 4 is 0 Å². The van der Waals surface area contributed by atoms with Gasteiger partial charge in [-0.3, -0.25) is 0 Å². The minimum absolute atomic E-state index is 0.342. The van der Waals surface area contributed by atoms with Gasteiger partial charge >= 0.3 is 0 Å². The average molecular weight is 277 g/mol. The molecule has 1 N–H and O–H groups in total. The molecule has 1 unspecified atom stereocenters. The molecular formula is C18H31NO. The molecule has 0 aliphatic carbocycles. The van der Waals surface area contributed by atoms with Crippen LogP contribution < -0.4 is 10.1 Å². The highest BCUT2D eigenvalue weighted by Gasteiger charge is 2.23. The maximum absolute atomic E-state index is 5.77. The van der Waals surface area contributed by atoms with E-state index in [1.165, 1.54) is 6.42 Å². The Morgan fingerprint density at radius 3 is 2.30 bits per heavy atom. The van der Waals surface area contributed by atoms with Crippen LogP contribution in [0.4, 0.5) is 0 Å². The lowest BCUT2D eigenvalue weighted by Crippen LogP contribution is -2.35. The van der Waals surface area contributed by atoms with Gasteiger partial charge in [0, 0.05) is 6.04 Å². The zero-order chi connectivity index (χ0) is 15.0. The smallest absolute Gasteiger partial charge is 0.119 e. The number of para-hydroxylation sites is 1. The highest BCUT2D eigenvalue weighted by molar-refractivity contribution is 5.20. The first-order valence-electron chi connectivity index (χ1n) is 7.81.